The molecule has 0 aliphatic heterocycles. The van der Waals surface area contributed by atoms with Gasteiger partial charge < -0.3 is 18.4 Å². The molecule has 1 heterocycles. The van der Waals surface area contributed by atoms with Crippen LogP contribution in [0.5, 0.6) is 5.75 Å². The van der Waals surface area contributed by atoms with Gasteiger partial charge in [0.15, 0.2) is 0 Å². The van der Waals surface area contributed by atoms with Crippen LogP contribution in [0.2, 0.25) is 0 Å². The summed E-state index contributed by atoms with van der Waals surface area (Å²) in [5.74, 6) is 0.824. The van der Waals surface area contributed by atoms with Gasteiger partial charge in [0.25, 0.3) is 8.53 Å². The molecule has 3 aromatic carbocycles. The zero-order valence-corrected chi connectivity index (χ0v) is 26.2. The molecule has 0 N–H and O–H groups in total. The highest BCUT2D eigenvalue weighted by Crippen LogP contribution is 2.46. The molecule has 0 fully saturated rings. The van der Waals surface area contributed by atoms with Crippen molar-refractivity contribution in [1.82, 2.24) is 9.24 Å². The Kier molecular flexibility index (Phi) is 11.3. The van der Waals surface area contributed by atoms with Gasteiger partial charge in [0.1, 0.15) is 11.3 Å². The minimum atomic E-state index is -1.28. The molecule has 4 rings (SSSR count). The van der Waals surface area contributed by atoms with Crippen molar-refractivity contribution in [1.29, 1.82) is 5.26 Å². The molecule has 4 aromatic rings. The molecule has 7 heteroatoms. The number of methoxy groups -OCH3 is 1. The standard InChI is InChI=1S/C35H42N3O3P/c1-28(2)38(29(3)4)42(40-25-12-23-36)41-26-22-30-21-24-37(27-30)35(31-13-8-6-9-14-31,32-15-10-7-11-16-32)33-17-19-34(39-5)20-18-33/h6-11,13-21,24,27-29H,12,22,25-26H2,1-5H3. The molecular formula is C35H42N3O3P. The minimum Gasteiger partial charge on any atom is -0.497 e. The molecule has 0 aliphatic carbocycles. The van der Waals surface area contributed by atoms with Crippen molar-refractivity contribution in [2.24, 2.45) is 0 Å². The number of benzene rings is 3. The van der Waals surface area contributed by atoms with Crippen molar-refractivity contribution >= 4 is 8.53 Å². The third kappa shape index (κ3) is 7.12. The molecule has 1 atom stereocenters. The van der Waals surface area contributed by atoms with E-state index in [2.05, 4.69) is 134 Å². The van der Waals surface area contributed by atoms with Crippen LogP contribution in [0.15, 0.2) is 103 Å². The van der Waals surface area contributed by atoms with Gasteiger partial charge >= 0.3 is 0 Å². The van der Waals surface area contributed by atoms with Crippen LogP contribution >= 0.6 is 8.53 Å². The van der Waals surface area contributed by atoms with Crippen molar-refractivity contribution in [3.8, 4) is 11.8 Å². The molecule has 0 spiro atoms. The first-order valence-corrected chi connectivity index (χ1v) is 15.7. The summed E-state index contributed by atoms with van der Waals surface area (Å²) in [5.41, 5.74) is 4.05. The Balaban J connectivity index is 1.68. The molecule has 0 saturated carbocycles. The largest absolute Gasteiger partial charge is 0.497 e. The van der Waals surface area contributed by atoms with Gasteiger partial charge in [-0.15, -0.1) is 0 Å². The van der Waals surface area contributed by atoms with E-state index >= 15 is 0 Å². The number of nitrogens with zero attached hydrogens (tertiary/aromatic N) is 3. The van der Waals surface area contributed by atoms with Gasteiger partial charge in [-0.05, 0) is 74.6 Å². The first-order chi connectivity index (χ1) is 20.4. The van der Waals surface area contributed by atoms with Gasteiger partial charge in [0.05, 0.1) is 32.8 Å². The molecular weight excluding hydrogens is 541 g/mol. The van der Waals surface area contributed by atoms with Gasteiger partial charge in [-0.1, -0.05) is 72.8 Å². The normalized spacial score (nSPS) is 12.5. The SMILES string of the molecule is COc1ccc(C(c2ccccc2)(c2ccccc2)n2ccc(CCOP(OCCC#N)N(C(C)C)C(C)C)c2)cc1. The van der Waals surface area contributed by atoms with E-state index in [1.165, 1.54) is 16.7 Å². The lowest BCUT2D eigenvalue weighted by atomic mass is 9.76. The summed E-state index contributed by atoms with van der Waals surface area (Å²) in [6.45, 7) is 9.49. The summed E-state index contributed by atoms with van der Waals surface area (Å²) in [7, 11) is 0.417. The molecule has 220 valence electrons. The highest BCUT2D eigenvalue weighted by atomic mass is 31.2. The number of nitriles is 1. The summed E-state index contributed by atoms with van der Waals surface area (Å²) in [5, 5.41) is 9.02. The lowest BCUT2D eigenvalue weighted by Crippen LogP contribution is -2.36. The Hall–Kier alpha value is -3.46. The molecule has 0 saturated heterocycles. The molecule has 0 radical (unpaired) electrons. The first kappa shape index (κ1) is 31.5. The van der Waals surface area contributed by atoms with E-state index in [0.29, 0.717) is 19.6 Å². The van der Waals surface area contributed by atoms with Crippen LogP contribution in [0.25, 0.3) is 0 Å². The predicted molar refractivity (Wildman–Crippen MR) is 170 cm³/mol. The van der Waals surface area contributed by atoms with Crippen LogP contribution in [0.3, 0.4) is 0 Å². The summed E-state index contributed by atoms with van der Waals surface area (Å²) < 4.78 is 22.5. The predicted octanol–water partition coefficient (Wildman–Crippen LogP) is 8.17. The third-order valence-corrected chi connectivity index (χ3v) is 9.39. The van der Waals surface area contributed by atoms with Crippen molar-refractivity contribution in [3.05, 3.63) is 126 Å². The van der Waals surface area contributed by atoms with Gasteiger partial charge in [-0.3, -0.25) is 0 Å². The Labute approximate surface area is 252 Å². The number of hydrogen-bond donors (Lipinski definition) is 0. The van der Waals surface area contributed by atoms with Crippen LogP contribution in [-0.2, 0) is 21.0 Å². The molecule has 6 nitrogen and oxygen atoms in total. The van der Waals surface area contributed by atoms with E-state index in [1.807, 2.05) is 12.1 Å². The molecule has 0 amide bonds. The number of rotatable bonds is 15. The third-order valence-electron chi connectivity index (χ3n) is 7.29. The molecule has 0 bridgehead atoms. The smallest absolute Gasteiger partial charge is 0.259 e. The lowest BCUT2D eigenvalue weighted by molar-refractivity contribution is 0.177. The van der Waals surface area contributed by atoms with Gasteiger partial charge in [-0.2, -0.15) is 5.26 Å². The topological polar surface area (TPSA) is 59.7 Å². The first-order valence-electron chi connectivity index (χ1n) is 14.6. The van der Waals surface area contributed by atoms with Crippen molar-refractivity contribution < 1.29 is 13.8 Å². The number of aromatic nitrogens is 1. The van der Waals surface area contributed by atoms with E-state index in [0.717, 1.165) is 17.7 Å². The van der Waals surface area contributed by atoms with E-state index in [-0.39, 0.29) is 12.1 Å². The Morgan fingerprint density at radius 1 is 0.786 bits per heavy atom. The Morgan fingerprint density at radius 3 is 1.86 bits per heavy atom. The number of hydrogen-bond acceptors (Lipinski definition) is 5. The number of ether oxygens (including phenoxy) is 1. The second kappa shape index (κ2) is 15.1. The monoisotopic (exact) mass is 583 g/mol. The van der Waals surface area contributed by atoms with Gasteiger partial charge in [0.2, 0.25) is 0 Å². The quantitative estimate of drug-likeness (QED) is 0.0803. The fourth-order valence-electron chi connectivity index (χ4n) is 5.49. The second-order valence-electron chi connectivity index (χ2n) is 10.7. The zero-order chi connectivity index (χ0) is 30.0. The van der Waals surface area contributed by atoms with Gasteiger partial charge in [-0.25, -0.2) is 4.67 Å². The maximum absolute atomic E-state index is 9.02. The highest BCUT2D eigenvalue weighted by molar-refractivity contribution is 7.44. The Morgan fingerprint density at radius 2 is 1.33 bits per heavy atom. The summed E-state index contributed by atoms with van der Waals surface area (Å²) in [4.78, 5) is 0. The van der Waals surface area contributed by atoms with Crippen molar-refractivity contribution in [2.45, 2.75) is 58.2 Å². The van der Waals surface area contributed by atoms with E-state index < -0.39 is 14.1 Å². The van der Waals surface area contributed by atoms with Crippen LogP contribution in [0.1, 0.15) is 56.4 Å². The summed E-state index contributed by atoms with van der Waals surface area (Å²) in [6, 6.07) is 34.5. The van der Waals surface area contributed by atoms with Crippen LogP contribution in [0, 0.1) is 11.3 Å². The van der Waals surface area contributed by atoms with Crippen LogP contribution in [0.4, 0.5) is 0 Å². The molecule has 1 unspecified atom stereocenters. The summed E-state index contributed by atoms with van der Waals surface area (Å²) in [6.07, 6.45) is 5.48. The van der Waals surface area contributed by atoms with Crippen LogP contribution < -0.4 is 4.74 Å². The fraction of sp³-hybridized carbons (Fsp3) is 0.343. The molecule has 42 heavy (non-hydrogen) atoms. The van der Waals surface area contributed by atoms with Crippen molar-refractivity contribution in [3.63, 3.8) is 0 Å². The molecule has 0 aliphatic rings. The van der Waals surface area contributed by atoms with E-state index in [9.17, 15) is 0 Å². The van der Waals surface area contributed by atoms with Crippen molar-refractivity contribution in [2.75, 3.05) is 20.3 Å². The van der Waals surface area contributed by atoms with E-state index in [1.54, 1.807) is 7.11 Å². The zero-order valence-electron chi connectivity index (χ0n) is 25.3. The average molecular weight is 584 g/mol. The lowest BCUT2D eigenvalue weighted by Gasteiger charge is -2.38. The average Bonchev–Trinajstić information content (AvgIpc) is 3.47. The Bertz CT molecular complexity index is 1350. The van der Waals surface area contributed by atoms with Gasteiger partial charge in [0, 0.05) is 24.5 Å². The maximum atomic E-state index is 9.02. The van der Waals surface area contributed by atoms with Crippen LogP contribution in [-0.4, -0.2) is 41.6 Å². The molecule has 1 aromatic heterocycles. The van der Waals surface area contributed by atoms with E-state index in [4.69, 9.17) is 19.0 Å². The minimum absolute atomic E-state index is 0.265. The summed E-state index contributed by atoms with van der Waals surface area (Å²) >= 11 is 0. The second-order valence-corrected chi connectivity index (χ2v) is 12.2. The maximum Gasteiger partial charge on any atom is 0.259 e. The fourth-order valence-corrected chi connectivity index (χ4v) is 7.08. The highest BCUT2D eigenvalue weighted by Gasteiger charge is 2.38.